The zero-order chi connectivity index (χ0) is 14.5. The van der Waals surface area contributed by atoms with Crippen LogP contribution in [-0.4, -0.2) is 37.0 Å². The maximum atomic E-state index is 12.4. The zero-order valence-corrected chi connectivity index (χ0v) is 13.0. The van der Waals surface area contributed by atoms with Crippen LogP contribution in [0.5, 0.6) is 5.75 Å². The summed E-state index contributed by atoms with van der Waals surface area (Å²) in [5, 5.41) is 3.23. The molecule has 0 atom stereocenters. The average molecular weight is 323 g/mol. The van der Waals surface area contributed by atoms with Crippen molar-refractivity contribution in [2.24, 2.45) is 0 Å². The number of para-hydroxylation sites is 1. The minimum atomic E-state index is -0.0619. The second kappa shape index (κ2) is 7.87. The molecule has 1 N–H and O–H groups in total. The molecule has 5 nitrogen and oxygen atoms in total. The molecule has 2 heterocycles. The second-order valence-corrected chi connectivity index (χ2v) is 4.92. The minimum Gasteiger partial charge on any atom is -0.489 e. The normalized spacial score (nSPS) is 14.3. The summed E-state index contributed by atoms with van der Waals surface area (Å²) in [7, 11) is 0. The number of halogens is 1. The first kappa shape index (κ1) is 16.4. The number of hydrogen-bond donors (Lipinski definition) is 1. The van der Waals surface area contributed by atoms with Gasteiger partial charge in [-0.25, -0.2) is 0 Å². The standard InChI is InChI=1S/C16H18N2O3.ClH/c19-16(18-9-7-17-8-10-18)15-13(6-11-20-15)12-21-14-4-2-1-3-5-14;/h1-6,11,17H,7-10,12H2;1H. The van der Waals surface area contributed by atoms with E-state index in [1.165, 1.54) is 0 Å². The fourth-order valence-corrected chi connectivity index (χ4v) is 2.33. The van der Waals surface area contributed by atoms with Crippen molar-refractivity contribution in [2.45, 2.75) is 6.61 Å². The van der Waals surface area contributed by atoms with E-state index in [9.17, 15) is 4.79 Å². The first-order valence-electron chi connectivity index (χ1n) is 7.09. The lowest BCUT2D eigenvalue weighted by Gasteiger charge is -2.26. The van der Waals surface area contributed by atoms with Gasteiger partial charge >= 0.3 is 0 Å². The van der Waals surface area contributed by atoms with Crippen LogP contribution in [-0.2, 0) is 6.61 Å². The monoisotopic (exact) mass is 322 g/mol. The molecule has 0 unspecified atom stereocenters. The molecule has 0 saturated carbocycles. The predicted octanol–water partition coefficient (Wildman–Crippen LogP) is 2.33. The molecule has 6 heteroatoms. The van der Waals surface area contributed by atoms with Gasteiger partial charge in [0.25, 0.3) is 5.91 Å². The molecule has 1 aromatic carbocycles. The molecule has 1 aliphatic heterocycles. The number of carbonyl (C=O) groups excluding carboxylic acids is 1. The van der Waals surface area contributed by atoms with Crippen molar-refractivity contribution in [3.8, 4) is 5.75 Å². The van der Waals surface area contributed by atoms with Gasteiger partial charge in [0.2, 0.25) is 0 Å². The summed E-state index contributed by atoms with van der Waals surface area (Å²) in [5.74, 6) is 1.10. The van der Waals surface area contributed by atoms with Gasteiger partial charge in [0, 0.05) is 31.7 Å². The highest BCUT2D eigenvalue weighted by Crippen LogP contribution is 2.17. The van der Waals surface area contributed by atoms with Crippen LogP contribution >= 0.6 is 12.4 Å². The maximum absolute atomic E-state index is 12.4. The van der Waals surface area contributed by atoms with E-state index in [-0.39, 0.29) is 18.3 Å². The van der Waals surface area contributed by atoms with Crippen molar-refractivity contribution in [3.63, 3.8) is 0 Å². The summed E-state index contributed by atoms with van der Waals surface area (Å²) in [5.41, 5.74) is 0.780. The molecule has 22 heavy (non-hydrogen) atoms. The molecule has 0 bridgehead atoms. The second-order valence-electron chi connectivity index (χ2n) is 4.92. The molecule has 3 rings (SSSR count). The Hall–Kier alpha value is -1.98. The Morgan fingerprint density at radius 1 is 1.18 bits per heavy atom. The number of nitrogens with one attached hydrogen (secondary N) is 1. The van der Waals surface area contributed by atoms with E-state index >= 15 is 0 Å². The van der Waals surface area contributed by atoms with Gasteiger partial charge in [-0.3, -0.25) is 4.79 Å². The summed E-state index contributed by atoms with van der Waals surface area (Å²) in [6.07, 6.45) is 1.54. The highest BCUT2D eigenvalue weighted by molar-refractivity contribution is 5.93. The Morgan fingerprint density at radius 3 is 2.64 bits per heavy atom. The highest BCUT2D eigenvalue weighted by Gasteiger charge is 2.23. The van der Waals surface area contributed by atoms with Crippen molar-refractivity contribution in [1.29, 1.82) is 0 Å². The van der Waals surface area contributed by atoms with Crippen molar-refractivity contribution < 1.29 is 13.9 Å². The van der Waals surface area contributed by atoms with Gasteiger partial charge in [0.1, 0.15) is 12.4 Å². The van der Waals surface area contributed by atoms with Crippen LogP contribution in [0.25, 0.3) is 0 Å². The topological polar surface area (TPSA) is 54.7 Å². The molecule has 1 fully saturated rings. The number of piperazine rings is 1. The lowest BCUT2D eigenvalue weighted by atomic mass is 10.2. The Balaban J connectivity index is 0.00000176. The van der Waals surface area contributed by atoms with Gasteiger partial charge in [0.15, 0.2) is 5.76 Å². The van der Waals surface area contributed by atoms with Crippen LogP contribution in [0, 0.1) is 0 Å². The van der Waals surface area contributed by atoms with Crippen molar-refractivity contribution in [2.75, 3.05) is 26.2 Å². The lowest BCUT2D eigenvalue weighted by molar-refractivity contribution is 0.0700. The Bertz CT molecular complexity index is 594. The van der Waals surface area contributed by atoms with Crippen LogP contribution in [0.3, 0.4) is 0 Å². The van der Waals surface area contributed by atoms with Crippen molar-refractivity contribution in [3.05, 3.63) is 54.0 Å². The molecule has 118 valence electrons. The molecular formula is C16H19ClN2O3. The fraction of sp³-hybridized carbons (Fsp3) is 0.312. The summed E-state index contributed by atoms with van der Waals surface area (Å²) in [6, 6.07) is 11.3. The Labute approximate surface area is 135 Å². The quantitative estimate of drug-likeness (QED) is 0.938. The first-order valence-corrected chi connectivity index (χ1v) is 7.09. The third-order valence-electron chi connectivity index (χ3n) is 3.48. The number of ether oxygens (including phenoxy) is 1. The third kappa shape index (κ3) is 3.81. The maximum Gasteiger partial charge on any atom is 0.290 e. The smallest absolute Gasteiger partial charge is 0.290 e. The van der Waals surface area contributed by atoms with Gasteiger partial charge < -0.3 is 19.4 Å². The highest BCUT2D eigenvalue weighted by atomic mass is 35.5. The number of benzene rings is 1. The molecule has 1 saturated heterocycles. The van der Waals surface area contributed by atoms with Gasteiger partial charge in [-0.05, 0) is 18.2 Å². The molecule has 1 aromatic heterocycles. The van der Waals surface area contributed by atoms with E-state index in [4.69, 9.17) is 9.15 Å². The van der Waals surface area contributed by atoms with Crippen LogP contribution in [0.15, 0.2) is 47.1 Å². The van der Waals surface area contributed by atoms with Gasteiger partial charge in [-0.2, -0.15) is 0 Å². The largest absolute Gasteiger partial charge is 0.489 e. The summed E-state index contributed by atoms with van der Waals surface area (Å²) >= 11 is 0. The van der Waals surface area contributed by atoms with Gasteiger partial charge in [-0.1, -0.05) is 18.2 Å². The molecule has 0 radical (unpaired) electrons. The molecule has 1 aliphatic rings. The number of hydrogen-bond acceptors (Lipinski definition) is 4. The lowest BCUT2D eigenvalue weighted by Crippen LogP contribution is -2.46. The number of nitrogens with zero attached hydrogens (tertiary/aromatic N) is 1. The molecule has 0 spiro atoms. The molecule has 1 amide bonds. The summed E-state index contributed by atoms with van der Waals surface area (Å²) in [6.45, 7) is 3.38. The third-order valence-corrected chi connectivity index (χ3v) is 3.48. The van der Waals surface area contributed by atoms with E-state index in [1.54, 1.807) is 17.2 Å². The summed E-state index contributed by atoms with van der Waals surface area (Å²) < 4.78 is 11.1. The van der Waals surface area contributed by atoms with E-state index < -0.39 is 0 Å². The SMILES string of the molecule is Cl.O=C(c1occc1COc1ccccc1)N1CCNCC1. The first-order chi connectivity index (χ1) is 10.3. The number of furan rings is 1. The van der Waals surface area contributed by atoms with Crippen LogP contribution in [0.2, 0.25) is 0 Å². The molecule has 2 aromatic rings. The number of carbonyl (C=O) groups is 1. The van der Waals surface area contributed by atoms with E-state index in [0.29, 0.717) is 25.5 Å². The van der Waals surface area contributed by atoms with E-state index in [2.05, 4.69) is 5.32 Å². The minimum absolute atomic E-state index is 0. The predicted molar refractivity (Wildman–Crippen MR) is 85.5 cm³/mol. The van der Waals surface area contributed by atoms with E-state index in [0.717, 1.165) is 24.4 Å². The Kier molecular flexibility index (Phi) is 5.86. The van der Waals surface area contributed by atoms with Crippen molar-refractivity contribution in [1.82, 2.24) is 10.2 Å². The number of amides is 1. The number of rotatable bonds is 4. The van der Waals surface area contributed by atoms with Crippen LogP contribution in [0.4, 0.5) is 0 Å². The summed E-state index contributed by atoms with van der Waals surface area (Å²) in [4.78, 5) is 14.2. The van der Waals surface area contributed by atoms with Crippen LogP contribution < -0.4 is 10.1 Å². The fourth-order valence-electron chi connectivity index (χ4n) is 2.33. The van der Waals surface area contributed by atoms with Crippen molar-refractivity contribution >= 4 is 18.3 Å². The zero-order valence-electron chi connectivity index (χ0n) is 12.2. The van der Waals surface area contributed by atoms with E-state index in [1.807, 2.05) is 30.3 Å². The van der Waals surface area contributed by atoms with Gasteiger partial charge in [-0.15, -0.1) is 12.4 Å². The Morgan fingerprint density at radius 2 is 1.91 bits per heavy atom. The van der Waals surface area contributed by atoms with Crippen LogP contribution in [0.1, 0.15) is 16.1 Å². The molecular weight excluding hydrogens is 304 g/mol. The molecule has 0 aliphatic carbocycles. The van der Waals surface area contributed by atoms with Gasteiger partial charge in [0.05, 0.1) is 6.26 Å². The average Bonchev–Trinajstić information content (AvgIpc) is 3.02.